The second-order valence-corrected chi connectivity index (χ2v) is 3.40. The van der Waals surface area contributed by atoms with Gasteiger partial charge < -0.3 is 0 Å². The number of aromatic nitrogens is 2. The molecule has 2 nitrogen and oxygen atoms in total. The summed E-state index contributed by atoms with van der Waals surface area (Å²) in [5.41, 5.74) is 3.43. The molecule has 0 saturated carbocycles. The van der Waals surface area contributed by atoms with Gasteiger partial charge in [-0.15, -0.1) is 0 Å². The average molecular weight is 190 g/mol. The van der Waals surface area contributed by atoms with Crippen molar-refractivity contribution in [3.05, 3.63) is 41.3 Å². The molecule has 0 aliphatic heterocycles. The molecular formula is C11H11FN2. The second-order valence-electron chi connectivity index (χ2n) is 3.40. The van der Waals surface area contributed by atoms with Crippen LogP contribution in [0.2, 0.25) is 0 Å². The number of nitrogens with zero attached hydrogens (tertiary/aromatic N) is 1. The van der Waals surface area contributed by atoms with Crippen LogP contribution in [0.5, 0.6) is 0 Å². The largest absolute Gasteiger partial charge is 0.282 e. The van der Waals surface area contributed by atoms with Gasteiger partial charge in [0.1, 0.15) is 5.82 Å². The fourth-order valence-electron chi connectivity index (χ4n) is 1.37. The number of nitrogens with one attached hydrogen (secondary N) is 1. The monoisotopic (exact) mass is 190 g/mol. The molecule has 0 aliphatic carbocycles. The number of aryl methyl sites for hydroxylation is 2. The molecule has 0 amide bonds. The van der Waals surface area contributed by atoms with E-state index in [1.54, 1.807) is 19.1 Å². The number of halogens is 1. The molecular weight excluding hydrogens is 179 g/mol. The molecule has 1 aromatic carbocycles. The zero-order valence-electron chi connectivity index (χ0n) is 8.13. The molecule has 2 rings (SSSR count). The lowest BCUT2D eigenvalue weighted by atomic mass is 10.1. The molecule has 0 aliphatic rings. The molecule has 0 unspecified atom stereocenters. The predicted molar refractivity (Wildman–Crippen MR) is 53.5 cm³/mol. The SMILES string of the molecule is Cc1cc(-c2ccc(F)c(C)c2)n[nH]1. The van der Waals surface area contributed by atoms with Crippen molar-refractivity contribution in [1.29, 1.82) is 0 Å². The molecule has 0 bridgehead atoms. The first-order chi connectivity index (χ1) is 6.66. The Hall–Kier alpha value is -1.64. The summed E-state index contributed by atoms with van der Waals surface area (Å²) in [6, 6.07) is 6.93. The fourth-order valence-corrected chi connectivity index (χ4v) is 1.37. The lowest BCUT2D eigenvalue weighted by molar-refractivity contribution is 0.619. The maximum absolute atomic E-state index is 13.0. The maximum atomic E-state index is 13.0. The summed E-state index contributed by atoms with van der Waals surface area (Å²) in [5.74, 6) is -0.180. The van der Waals surface area contributed by atoms with Gasteiger partial charge in [-0.1, -0.05) is 0 Å². The van der Waals surface area contributed by atoms with E-state index in [2.05, 4.69) is 10.2 Å². The van der Waals surface area contributed by atoms with E-state index in [9.17, 15) is 4.39 Å². The fraction of sp³-hybridized carbons (Fsp3) is 0.182. The Morgan fingerprint density at radius 3 is 2.57 bits per heavy atom. The van der Waals surface area contributed by atoms with E-state index >= 15 is 0 Å². The van der Waals surface area contributed by atoms with Gasteiger partial charge >= 0.3 is 0 Å². The Balaban J connectivity index is 2.47. The first-order valence-electron chi connectivity index (χ1n) is 4.45. The van der Waals surface area contributed by atoms with E-state index in [0.717, 1.165) is 17.0 Å². The summed E-state index contributed by atoms with van der Waals surface area (Å²) in [7, 11) is 0. The van der Waals surface area contributed by atoms with Crippen LogP contribution in [0.4, 0.5) is 4.39 Å². The number of benzene rings is 1. The number of aromatic amines is 1. The van der Waals surface area contributed by atoms with Crippen molar-refractivity contribution >= 4 is 0 Å². The smallest absolute Gasteiger partial charge is 0.126 e. The molecule has 72 valence electrons. The summed E-state index contributed by atoms with van der Waals surface area (Å²) in [5, 5.41) is 6.97. The highest BCUT2D eigenvalue weighted by molar-refractivity contribution is 5.60. The molecule has 3 heteroatoms. The van der Waals surface area contributed by atoms with Gasteiger partial charge in [-0.25, -0.2) is 4.39 Å². The molecule has 0 radical (unpaired) electrons. The van der Waals surface area contributed by atoms with E-state index in [4.69, 9.17) is 0 Å². The van der Waals surface area contributed by atoms with Crippen molar-refractivity contribution in [3.8, 4) is 11.3 Å². The van der Waals surface area contributed by atoms with Crippen LogP contribution in [0, 0.1) is 19.7 Å². The molecule has 1 heterocycles. The summed E-state index contributed by atoms with van der Waals surface area (Å²) < 4.78 is 13.0. The Morgan fingerprint density at radius 1 is 1.21 bits per heavy atom. The first-order valence-corrected chi connectivity index (χ1v) is 4.45. The molecule has 14 heavy (non-hydrogen) atoms. The second kappa shape index (κ2) is 3.25. The number of rotatable bonds is 1. The Kier molecular flexibility index (Phi) is 2.08. The predicted octanol–water partition coefficient (Wildman–Crippen LogP) is 2.83. The van der Waals surface area contributed by atoms with Crippen molar-refractivity contribution in [3.63, 3.8) is 0 Å². The van der Waals surface area contributed by atoms with Gasteiger partial charge in [-0.2, -0.15) is 5.10 Å². The molecule has 0 spiro atoms. The minimum absolute atomic E-state index is 0.180. The van der Waals surface area contributed by atoms with Crippen molar-refractivity contribution in [1.82, 2.24) is 10.2 Å². The van der Waals surface area contributed by atoms with E-state index < -0.39 is 0 Å². The van der Waals surface area contributed by atoms with Gasteiger partial charge in [-0.05, 0) is 43.7 Å². The summed E-state index contributed by atoms with van der Waals surface area (Å²) in [4.78, 5) is 0. The van der Waals surface area contributed by atoms with Crippen LogP contribution in [-0.4, -0.2) is 10.2 Å². The zero-order chi connectivity index (χ0) is 10.1. The van der Waals surface area contributed by atoms with Crippen molar-refractivity contribution in [2.24, 2.45) is 0 Å². The van der Waals surface area contributed by atoms with Crippen LogP contribution in [-0.2, 0) is 0 Å². The molecule has 1 N–H and O–H groups in total. The third-order valence-electron chi connectivity index (χ3n) is 2.16. The van der Waals surface area contributed by atoms with Gasteiger partial charge in [0.15, 0.2) is 0 Å². The number of hydrogen-bond donors (Lipinski definition) is 1. The maximum Gasteiger partial charge on any atom is 0.126 e. The number of hydrogen-bond acceptors (Lipinski definition) is 1. The van der Waals surface area contributed by atoms with Crippen LogP contribution in [0.25, 0.3) is 11.3 Å². The summed E-state index contributed by atoms with van der Waals surface area (Å²) in [6.45, 7) is 3.69. The normalized spacial score (nSPS) is 10.5. The van der Waals surface area contributed by atoms with Gasteiger partial charge in [0.25, 0.3) is 0 Å². The highest BCUT2D eigenvalue weighted by atomic mass is 19.1. The number of H-pyrrole nitrogens is 1. The standard InChI is InChI=1S/C11H11FN2/c1-7-5-9(3-4-10(7)12)11-6-8(2)13-14-11/h3-6H,1-2H3,(H,13,14). The van der Waals surface area contributed by atoms with E-state index in [0.29, 0.717) is 5.56 Å². The van der Waals surface area contributed by atoms with Crippen LogP contribution in [0.15, 0.2) is 24.3 Å². The minimum atomic E-state index is -0.180. The van der Waals surface area contributed by atoms with Crippen molar-refractivity contribution in [2.75, 3.05) is 0 Å². The van der Waals surface area contributed by atoms with Gasteiger partial charge in [0.05, 0.1) is 5.69 Å². The Labute approximate surface area is 81.8 Å². The third kappa shape index (κ3) is 1.53. The molecule has 0 saturated heterocycles. The van der Waals surface area contributed by atoms with Crippen molar-refractivity contribution in [2.45, 2.75) is 13.8 Å². The van der Waals surface area contributed by atoms with Crippen LogP contribution in [0.3, 0.4) is 0 Å². The molecule has 0 fully saturated rings. The lowest BCUT2D eigenvalue weighted by Gasteiger charge is -1.99. The molecule has 1 aromatic heterocycles. The summed E-state index contributed by atoms with van der Waals surface area (Å²) in [6.07, 6.45) is 0. The van der Waals surface area contributed by atoms with Gasteiger partial charge in [-0.3, -0.25) is 5.10 Å². The summed E-state index contributed by atoms with van der Waals surface area (Å²) >= 11 is 0. The average Bonchev–Trinajstić information content (AvgIpc) is 2.57. The zero-order valence-corrected chi connectivity index (χ0v) is 8.13. The van der Waals surface area contributed by atoms with Crippen molar-refractivity contribution < 1.29 is 4.39 Å². The van der Waals surface area contributed by atoms with E-state index in [1.807, 2.05) is 13.0 Å². The lowest BCUT2D eigenvalue weighted by Crippen LogP contribution is -1.84. The van der Waals surface area contributed by atoms with Crippen LogP contribution >= 0.6 is 0 Å². The minimum Gasteiger partial charge on any atom is -0.282 e. The van der Waals surface area contributed by atoms with E-state index in [-0.39, 0.29) is 5.82 Å². The van der Waals surface area contributed by atoms with Crippen LogP contribution in [0.1, 0.15) is 11.3 Å². The quantitative estimate of drug-likeness (QED) is 0.736. The molecule has 0 atom stereocenters. The highest BCUT2D eigenvalue weighted by Crippen LogP contribution is 2.20. The van der Waals surface area contributed by atoms with Gasteiger partial charge in [0, 0.05) is 11.3 Å². The Morgan fingerprint density at radius 2 is 2.00 bits per heavy atom. The Bertz CT molecular complexity index is 460. The first kappa shape index (κ1) is 8.94. The molecule has 2 aromatic rings. The van der Waals surface area contributed by atoms with Gasteiger partial charge in [0.2, 0.25) is 0 Å². The highest BCUT2D eigenvalue weighted by Gasteiger charge is 2.03. The third-order valence-corrected chi connectivity index (χ3v) is 2.16. The topological polar surface area (TPSA) is 28.7 Å². The van der Waals surface area contributed by atoms with E-state index in [1.165, 1.54) is 6.07 Å². The van der Waals surface area contributed by atoms with Crippen LogP contribution < -0.4 is 0 Å².